The van der Waals surface area contributed by atoms with E-state index in [4.69, 9.17) is 56.1 Å². The zero-order chi connectivity index (χ0) is 78.0. The van der Waals surface area contributed by atoms with Gasteiger partial charge in [0.25, 0.3) is 25.7 Å². The predicted octanol–water partition coefficient (Wildman–Crippen LogP) is 5.83. The molecule has 8 aromatic heterocycles. The molecular formula is C69H85F8N27O7S. The Kier molecular flexibility index (Phi) is 27.4. The molecule has 8 saturated heterocycles. The number of ether oxygens (including phenoxy) is 7. The lowest BCUT2D eigenvalue weighted by molar-refractivity contribution is 0.121. The van der Waals surface area contributed by atoms with Crippen LogP contribution in [0.3, 0.4) is 0 Å². The summed E-state index contributed by atoms with van der Waals surface area (Å²) in [5.74, 6) is 6.96. The van der Waals surface area contributed by atoms with Gasteiger partial charge in [-0.15, -0.1) is 0 Å². The van der Waals surface area contributed by atoms with Crippen molar-refractivity contribution in [1.82, 2.24) is 74.8 Å². The highest BCUT2D eigenvalue weighted by molar-refractivity contribution is 7.99. The Hall–Kier alpha value is -10.2. The number of aromatic nitrogens is 15. The number of nitrogens with two attached hydrogens (primary N) is 4. The minimum absolute atomic E-state index is 0.0368. The van der Waals surface area contributed by atoms with Crippen molar-refractivity contribution in [2.45, 2.75) is 25.7 Å². The van der Waals surface area contributed by atoms with Gasteiger partial charge in [0, 0.05) is 187 Å². The number of nitrogens with zero attached hydrogens (tertiary/aromatic N) is 23. The van der Waals surface area contributed by atoms with E-state index < -0.39 is 37.1 Å². The first-order chi connectivity index (χ1) is 54.5. The summed E-state index contributed by atoms with van der Waals surface area (Å²) in [7, 11) is 0. The Morgan fingerprint density at radius 1 is 0.286 bits per heavy atom. The summed E-state index contributed by atoms with van der Waals surface area (Å²) in [6.45, 7) is 19.0. The highest BCUT2D eigenvalue weighted by Crippen LogP contribution is 2.38. The largest absolute Gasteiger partial charge is 0.384 e. The molecule has 0 aromatic carbocycles. The number of alkyl halides is 8. The summed E-state index contributed by atoms with van der Waals surface area (Å²) in [6, 6.07) is 7.82. The van der Waals surface area contributed by atoms with Crippen molar-refractivity contribution in [2.75, 3.05) is 271 Å². The zero-order valence-corrected chi connectivity index (χ0v) is 61.8. The summed E-state index contributed by atoms with van der Waals surface area (Å²) < 4.78 is 146. The highest BCUT2D eigenvalue weighted by atomic mass is 32.2. The number of nitrogen functional groups attached to an aromatic ring is 4. The van der Waals surface area contributed by atoms with Gasteiger partial charge in [-0.25, -0.2) is 89.9 Å². The zero-order valence-electron chi connectivity index (χ0n) is 61.0. The van der Waals surface area contributed by atoms with Crippen molar-refractivity contribution in [3.05, 3.63) is 77.6 Å². The second kappa shape index (κ2) is 38.4. The van der Waals surface area contributed by atoms with Crippen LogP contribution in [0.15, 0.2) is 55.1 Å². The number of thioether (sulfide) groups is 1. The lowest BCUT2D eigenvalue weighted by Crippen LogP contribution is -2.39. The van der Waals surface area contributed by atoms with E-state index in [9.17, 15) is 35.1 Å². The van der Waals surface area contributed by atoms with Crippen molar-refractivity contribution in [1.29, 1.82) is 0 Å². The van der Waals surface area contributed by atoms with Crippen LogP contribution in [0.25, 0.3) is 45.4 Å². The van der Waals surface area contributed by atoms with Crippen molar-refractivity contribution >= 4 is 82.2 Å². The van der Waals surface area contributed by atoms with Gasteiger partial charge in [0.2, 0.25) is 29.7 Å². The maximum absolute atomic E-state index is 13.6. The minimum atomic E-state index is -2.82. The standard InChI is InChI=1S/C18H22F2N6O2.2C17H21F2N7O2.C17H21F2N7OS/c19-17(20)12-9-14(21)22-11-13(12)18-23-15(25-1-5-27-6-2-25)10-16(24-18)26-3-7-28-8-4-26;18-15(19)14-11(10-21-17(20)24-14)16-22-12(25-1-5-27-6-2-25)9-13(23-16)26-3-7-28-8-4-26;18-15(19)14-11(10-21-16(20)24-14)12-9-13(25-1-5-27-6-2-25)23-17(22-12)26-3-7-28-8-4-26;18-14(19)11-9-13(20)21-10-12(11)15-22-16(25-1-5-27-6-2-25)24-17(23-15)26-3-7-28-8-4-26/h9-11,17H,1-8H2,(H2,21,22);2*9-10,15H,1-8H2,(H2,20,21,24);9-10,14H,1-8H2,(H2,20,21). The number of rotatable bonds is 16. The van der Waals surface area contributed by atoms with Gasteiger partial charge in [-0.05, 0) is 12.1 Å². The first-order valence-corrected chi connectivity index (χ1v) is 37.6. The molecule has 16 rings (SSSR count). The van der Waals surface area contributed by atoms with Gasteiger partial charge in [0.05, 0.1) is 104 Å². The monoisotopic (exact) mass is 1590 g/mol. The molecule has 43 heteroatoms. The lowest BCUT2D eigenvalue weighted by Gasteiger charge is -2.31. The molecule has 0 spiro atoms. The fourth-order valence-electron chi connectivity index (χ4n) is 12.8. The molecule has 0 radical (unpaired) electrons. The highest BCUT2D eigenvalue weighted by Gasteiger charge is 2.31. The van der Waals surface area contributed by atoms with Crippen LogP contribution in [-0.2, 0) is 33.2 Å². The number of hydrogen-bond donors (Lipinski definition) is 4. The van der Waals surface area contributed by atoms with Gasteiger partial charge in [0.15, 0.2) is 17.5 Å². The Morgan fingerprint density at radius 2 is 0.580 bits per heavy atom. The summed E-state index contributed by atoms with van der Waals surface area (Å²) in [4.78, 5) is 80.6. The Morgan fingerprint density at radius 3 is 0.938 bits per heavy atom. The summed E-state index contributed by atoms with van der Waals surface area (Å²) in [5, 5.41) is 0. The van der Waals surface area contributed by atoms with E-state index in [2.05, 4.69) is 104 Å². The lowest BCUT2D eigenvalue weighted by atomic mass is 10.1. The van der Waals surface area contributed by atoms with Crippen molar-refractivity contribution in [2.24, 2.45) is 0 Å². The van der Waals surface area contributed by atoms with Crippen LogP contribution >= 0.6 is 11.8 Å². The van der Waals surface area contributed by atoms with Crippen LogP contribution in [0.2, 0.25) is 0 Å². The number of morpholine rings is 7. The molecule has 0 aliphatic carbocycles. The molecule has 0 unspecified atom stereocenters. The second-order valence-electron chi connectivity index (χ2n) is 25.9. The van der Waals surface area contributed by atoms with Crippen LogP contribution < -0.4 is 62.1 Å². The van der Waals surface area contributed by atoms with Gasteiger partial charge in [-0.1, -0.05) is 0 Å². The second-order valence-corrected chi connectivity index (χ2v) is 27.2. The molecule has 0 amide bonds. The third-order valence-electron chi connectivity index (χ3n) is 18.7. The van der Waals surface area contributed by atoms with Gasteiger partial charge in [0.1, 0.15) is 52.1 Å². The molecule has 8 N–H and O–H groups in total. The minimum Gasteiger partial charge on any atom is -0.384 e. The maximum atomic E-state index is 13.6. The van der Waals surface area contributed by atoms with E-state index in [0.717, 1.165) is 24.6 Å². The fraction of sp³-hybridized carbons (Fsp3) is 0.522. The van der Waals surface area contributed by atoms with E-state index in [0.29, 0.717) is 237 Å². The summed E-state index contributed by atoms with van der Waals surface area (Å²) >= 11 is 1.87. The van der Waals surface area contributed by atoms with Gasteiger partial charge in [-0.2, -0.15) is 31.7 Å². The summed E-state index contributed by atoms with van der Waals surface area (Å²) in [6.07, 6.45) is -5.86. The molecule has 8 fully saturated rings. The topological polar surface area (TPSA) is 388 Å². The number of halogens is 8. The molecule has 0 atom stereocenters. The average Bonchev–Trinajstić information content (AvgIpc) is 0.805. The van der Waals surface area contributed by atoms with Gasteiger partial charge in [-0.3, -0.25) is 0 Å². The SMILES string of the molecule is Nc1cc(C(F)F)c(-c2nc(N3CCOCC3)cc(N3CCOCC3)n2)cn1.Nc1cc(C(F)F)c(-c2nc(N3CCOCC3)nc(N3CCSCC3)n2)cn1.Nc1ncc(-c2cc(N3CCOCC3)nc(N3CCOCC3)n2)c(C(F)F)n1.Nc1ncc(-c2nc(N3CCOCC3)cc(N3CCOCC3)n2)c(C(F)F)n1. The molecular weight excluding hydrogens is 1500 g/mol. The Bertz CT molecular complexity index is 3710. The molecule has 8 aliphatic heterocycles. The number of pyridine rings is 2. The van der Waals surface area contributed by atoms with Gasteiger partial charge < -0.3 is 95.3 Å². The Balaban J connectivity index is 0.000000131. The van der Waals surface area contributed by atoms with E-state index >= 15 is 0 Å². The van der Waals surface area contributed by atoms with E-state index in [-0.39, 0.29) is 74.4 Å². The van der Waals surface area contributed by atoms with Crippen molar-refractivity contribution in [3.63, 3.8) is 0 Å². The van der Waals surface area contributed by atoms with Gasteiger partial charge >= 0.3 is 0 Å². The fourth-order valence-corrected chi connectivity index (χ4v) is 13.7. The normalized spacial score (nSPS) is 18.0. The molecule has 112 heavy (non-hydrogen) atoms. The maximum Gasteiger partial charge on any atom is 0.281 e. The number of hydrogen-bond acceptors (Lipinski definition) is 35. The van der Waals surface area contributed by atoms with Crippen LogP contribution in [0, 0.1) is 0 Å². The smallest absolute Gasteiger partial charge is 0.281 e. The predicted molar refractivity (Wildman–Crippen MR) is 403 cm³/mol. The molecule has 34 nitrogen and oxygen atoms in total. The van der Waals surface area contributed by atoms with E-state index in [1.807, 2.05) is 33.7 Å². The van der Waals surface area contributed by atoms with Crippen LogP contribution in [-0.4, -0.2) is 283 Å². The quantitative estimate of drug-likeness (QED) is 0.0827. The van der Waals surface area contributed by atoms with E-state index in [1.165, 1.54) is 36.9 Å². The van der Waals surface area contributed by atoms with Crippen LogP contribution in [0.1, 0.15) is 48.2 Å². The molecule has 600 valence electrons. The summed E-state index contributed by atoms with van der Waals surface area (Å²) in [5.41, 5.74) is 21.8. The van der Waals surface area contributed by atoms with Crippen LogP contribution in [0.5, 0.6) is 0 Å². The third kappa shape index (κ3) is 20.5. The average molecular weight is 1590 g/mol. The third-order valence-corrected chi connectivity index (χ3v) is 19.7. The van der Waals surface area contributed by atoms with E-state index in [1.54, 1.807) is 6.07 Å². The van der Waals surface area contributed by atoms with Crippen molar-refractivity contribution < 1.29 is 68.3 Å². The van der Waals surface area contributed by atoms with Crippen LogP contribution in [0.4, 0.5) is 106 Å². The number of anilines is 12. The molecule has 0 saturated carbocycles. The Labute approximate surface area is 642 Å². The molecule has 0 bridgehead atoms. The first-order valence-electron chi connectivity index (χ1n) is 36.4. The molecule has 16 heterocycles. The van der Waals surface area contributed by atoms with Crippen molar-refractivity contribution in [3.8, 4) is 45.4 Å². The first kappa shape index (κ1) is 79.9. The molecule has 8 aliphatic rings. The molecule has 8 aromatic rings.